The summed E-state index contributed by atoms with van der Waals surface area (Å²) in [6.45, 7) is 2.58. The maximum Gasteiger partial charge on any atom is 0.307 e. The summed E-state index contributed by atoms with van der Waals surface area (Å²) in [7, 11) is 1.58. The van der Waals surface area contributed by atoms with Gasteiger partial charge in [-0.15, -0.1) is 0 Å². The minimum atomic E-state index is -0.348. The molecule has 2 aromatic carbocycles. The molecule has 0 aliphatic carbocycles. The summed E-state index contributed by atoms with van der Waals surface area (Å²) < 4.78 is 23.2. The highest BCUT2D eigenvalue weighted by Crippen LogP contribution is 2.14. The minimum Gasteiger partial charge on any atom is -0.497 e. The van der Waals surface area contributed by atoms with E-state index in [1.165, 1.54) is 12.1 Å². The molecule has 0 radical (unpaired) electrons. The summed E-state index contributed by atoms with van der Waals surface area (Å²) >= 11 is 0. The van der Waals surface area contributed by atoms with Gasteiger partial charge in [0.05, 0.1) is 26.6 Å². The number of amides is 1. The lowest BCUT2D eigenvalue weighted by molar-refractivity contribution is -0.144. The second-order valence-electron chi connectivity index (χ2n) is 6.02. The van der Waals surface area contributed by atoms with Crippen molar-refractivity contribution in [1.29, 1.82) is 0 Å². The van der Waals surface area contributed by atoms with Crippen molar-refractivity contribution in [3.8, 4) is 5.75 Å². The third-order valence-corrected chi connectivity index (χ3v) is 4.04. The highest BCUT2D eigenvalue weighted by atomic mass is 19.1. The van der Waals surface area contributed by atoms with Crippen LogP contribution in [0.15, 0.2) is 48.5 Å². The molecule has 0 fully saturated rings. The van der Waals surface area contributed by atoms with Gasteiger partial charge in [-0.3, -0.25) is 9.59 Å². The average Bonchev–Trinajstić information content (AvgIpc) is 2.67. The summed E-state index contributed by atoms with van der Waals surface area (Å²) in [5, 5.41) is 0. The third-order valence-electron chi connectivity index (χ3n) is 4.04. The lowest BCUT2D eigenvalue weighted by Gasteiger charge is -2.23. The molecule has 0 atom stereocenters. The van der Waals surface area contributed by atoms with Gasteiger partial charge in [-0.1, -0.05) is 24.3 Å². The van der Waals surface area contributed by atoms with Crippen LogP contribution in [0.3, 0.4) is 0 Å². The SMILES string of the molecule is CCOC(=O)CCN(Cc1ccc(F)cc1)C(=O)Cc1ccc(OC)cc1. The average molecular weight is 373 g/mol. The van der Waals surface area contributed by atoms with Crippen LogP contribution in [-0.2, 0) is 27.3 Å². The van der Waals surface area contributed by atoms with Crippen LogP contribution in [0.25, 0.3) is 0 Å². The first-order chi connectivity index (χ1) is 13.0. The van der Waals surface area contributed by atoms with E-state index in [-0.39, 0.29) is 37.1 Å². The van der Waals surface area contributed by atoms with E-state index in [1.807, 2.05) is 12.1 Å². The molecule has 0 spiro atoms. The smallest absolute Gasteiger partial charge is 0.307 e. The van der Waals surface area contributed by atoms with Gasteiger partial charge in [-0.2, -0.15) is 0 Å². The Morgan fingerprint density at radius 1 is 1.00 bits per heavy atom. The van der Waals surface area contributed by atoms with E-state index in [0.717, 1.165) is 16.9 Å². The number of rotatable bonds is 9. The first-order valence-corrected chi connectivity index (χ1v) is 8.82. The number of carbonyl (C=O) groups excluding carboxylic acids is 2. The van der Waals surface area contributed by atoms with Crippen molar-refractivity contribution >= 4 is 11.9 Å². The molecule has 0 heterocycles. The zero-order valence-corrected chi connectivity index (χ0v) is 15.6. The Labute approximate surface area is 158 Å². The highest BCUT2D eigenvalue weighted by Gasteiger charge is 2.17. The summed E-state index contributed by atoms with van der Waals surface area (Å²) in [4.78, 5) is 26.0. The molecule has 0 saturated heterocycles. The molecule has 6 heteroatoms. The Morgan fingerprint density at radius 2 is 1.63 bits per heavy atom. The number of methoxy groups -OCH3 is 1. The lowest BCUT2D eigenvalue weighted by atomic mass is 10.1. The summed E-state index contributed by atoms with van der Waals surface area (Å²) in [5.41, 5.74) is 1.64. The van der Waals surface area contributed by atoms with Crippen molar-refractivity contribution in [2.75, 3.05) is 20.3 Å². The zero-order valence-electron chi connectivity index (χ0n) is 15.6. The topological polar surface area (TPSA) is 55.8 Å². The second-order valence-corrected chi connectivity index (χ2v) is 6.02. The maximum absolute atomic E-state index is 13.1. The standard InChI is InChI=1S/C21H24FNO4/c1-3-27-21(25)12-13-23(15-17-4-8-18(22)9-5-17)20(24)14-16-6-10-19(26-2)11-7-16/h4-11H,3,12-15H2,1-2H3. The van der Waals surface area contributed by atoms with Crippen LogP contribution in [0.5, 0.6) is 5.75 Å². The zero-order chi connectivity index (χ0) is 19.6. The van der Waals surface area contributed by atoms with Gasteiger partial charge in [-0.05, 0) is 42.3 Å². The fraction of sp³-hybridized carbons (Fsp3) is 0.333. The van der Waals surface area contributed by atoms with Gasteiger partial charge in [0, 0.05) is 13.1 Å². The first-order valence-electron chi connectivity index (χ1n) is 8.82. The maximum atomic E-state index is 13.1. The van der Waals surface area contributed by atoms with E-state index in [9.17, 15) is 14.0 Å². The van der Waals surface area contributed by atoms with Gasteiger partial charge in [0.15, 0.2) is 0 Å². The summed E-state index contributed by atoms with van der Waals surface area (Å²) in [6.07, 6.45) is 0.317. The predicted molar refractivity (Wildman–Crippen MR) is 99.8 cm³/mol. The number of halogens is 1. The van der Waals surface area contributed by atoms with Crippen molar-refractivity contribution in [3.05, 3.63) is 65.5 Å². The van der Waals surface area contributed by atoms with E-state index in [0.29, 0.717) is 13.2 Å². The fourth-order valence-electron chi connectivity index (χ4n) is 2.59. The number of hydrogen-bond acceptors (Lipinski definition) is 4. The number of esters is 1. The van der Waals surface area contributed by atoms with Crippen molar-refractivity contribution < 1.29 is 23.5 Å². The lowest BCUT2D eigenvalue weighted by Crippen LogP contribution is -2.34. The molecule has 0 N–H and O–H groups in total. The first kappa shape index (κ1) is 20.4. The molecule has 2 rings (SSSR count). The molecule has 0 saturated carbocycles. The molecule has 0 aliphatic rings. The second kappa shape index (κ2) is 10.3. The number of carbonyl (C=O) groups is 2. The number of nitrogens with zero attached hydrogens (tertiary/aromatic N) is 1. The molecule has 0 aromatic heterocycles. The van der Waals surface area contributed by atoms with Crippen molar-refractivity contribution in [2.45, 2.75) is 26.3 Å². The van der Waals surface area contributed by atoms with Crippen LogP contribution in [-0.4, -0.2) is 37.0 Å². The number of benzene rings is 2. The molecule has 2 aromatic rings. The van der Waals surface area contributed by atoms with Gasteiger partial charge in [0.2, 0.25) is 5.91 Å². The van der Waals surface area contributed by atoms with Gasteiger partial charge >= 0.3 is 5.97 Å². The van der Waals surface area contributed by atoms with Gasteiger partial charge < -0.3 is 14.4 Å². The summed E-state index contributed by atoms with van der Waals surface area (Å²) in [5.74, 6) is -0.0781. The van der Waals surface area contributed by atoms with Crippen LogP contribution < -0.4 is 4.74 Å². The van der Waals surface area contributed by atoms with Gasteiger partial charge in [0.25, 0.3) is 0 Å². The fourth-order valence-corrected chi connectivity index (χ4v) is 2.59. The Morgan fingerprint density at radius 3 is 2.22 bits per heavy atom. The summed E-state index contributed by atoms with van der Waals surface area (Å²) in [6, 6.07) is 13.2. The minimum absolute atomic E-state index is 0.114. The molecule has 5 nitrogen and oxygen atoms in total. The van der Waals surface area contributed by atoms with E-state index in [4.69, 9.17) is 9.47 Å². The Balaban J connectivity index is 2.06. The van der Waals surface area contributed by atoms with Crippen molar-refractivity contribution in [1.82, 2.24) is 4.90 Å². The Hall–Kier alpha value is -2.89. The normalized spacial score (nSPS) is 10.3. The van der Waals surface area contributed by atoms with Crippen LogP contribution >= 0.6 is 0 Å². The van der Waals surface area contributed by atoms with Gasteiger partial charge in [-0.25, -0.2) is 4.39 Å². The molecule has 1 amide bonds. The molecular formula is C21H24FNO4. The molecule has 27 heavy (non-hydrogen) atoms. The Kier molecular flexibility index (Phi) is 7.79. The number of hydrogen-bond donors (Lipinski definition) is 0. The molecular weight excluding hydrogens is 349 g/mol. The molecule has 0 aliphatic heterocycles. The van der Waals surface area contributed by atoms with Crippen LogP contribution in [0, 0.1) is 5.82 Å². The van der Waals surface area contributed by atoms with Crippen LogP contribution in [0.1, 0.15) is 24.5 Å². The predicted octanol–water partition coefficient (Wildman–Crippen LogP) is 3.36. The van der Waals surface area contributed by atoms with Crippen molar-refractivity contribution in [3.63, 3.8) is 0 Å². The van der Waals surface area contributed by atoms with E-state index in [1.54, 1.807) is 43.2 Å². The van der Waals surface area contributed by atoms with Crippen LogP contribution in [0.4, 0.5) is 4.39 Å². The quantitative estimate of drug-likeness (QED) is 0.633. The number of ether oxygens (including phenoxy) is 2. The van der Waals surface area contributed by atoms with E-state index < -0.39 is 0 Å². The third kappa shape index (κ3) is 6.73. The highest BCUT2D eigenvalue weighted by molar-refractivity contribution is 5.79. The Bertz CT molecular complexity index is 744. The monoisotopic (exact) mass is 373 g/mol. The molecule has 144 valence electrons. The van der Waals surface area contributed by atoms with E-state index >= 15 is 0 Å². The van der Waals surface area contributed by atoms with Gasteiger partial charge in [0.1, 0.15) is 11.6 Å². The molecule has 0 bridgehead atoms. The van der Waals surface area contributed by atoms with Crippen molar-refractivity contribution in [2.24, 2.45) is 0 Å². The molecule has 0 unspecified atom stereocenters. The van der Waals surface area contributed by atoms with Crippen LogP contribution in [0.2, 0.25) is 0 Å². The largest absolute Gasteiger partial charge is 0.497 e. The van der Waals surface area contributed by atoms with E-state index in [2.05, 4.69) is 0 Å².